The van der Waals surface area contributed by atoms with Gasteiger partial charge >= 0.3 is 0 Å². The van der Waals surface area contributed by atoms with E-state index in [4.69, 9.17) is 5.73 Å². The highest BCUT2D eigenvalue weighted by Gasteiger charge is 2.13. The Morgan fingerprint density at radius 1 is 1.38 bits per heavy atom. The van der Waals surface area contributed by atoms with E-state index < -0.39 is 0 Å². The van der Waals surface area contributed by atoms with E-state index in [1.165, 1.54) is 15.0 Å². The van der Waals surface area contributed by atoms with Gasteiger partial charge in [0.15, 0.2) is 0 Å². The van der Waals surface area contributed by atoms with Crippen LogP contribution in [0.15, 0.2) is 29.6 Å². The molecule has 1 unspecified atom stereocenters. The van der Waals surface area contributed by atoms with Crippen LogP contribution in [-0.4, -0.2) is 0 Å². The van der Waals surface area contributed by atoms with E-state index in [9.17, 15) is 4.39 Å². The number of aryl methyl sites for hydroxylation is 1. The second-order valence-corrected chi connectivity index (χ2v) is 6.47. The van der Waals surface area contributed by atoms with E-state index in [1.54, 1.807) is 17.4 Å². The molecule has 0 saturated heterocycles. The monoisotopic (exact) mass is 347 g/mol. The van der Waals surface area contributed by atoms with Gasteiger partial charge in [0.2, 0.25) is 0 Å². The SMILES string of the molecule is Cc1ccc(F)cc1C(N)c1csc(I)c1. The Labute approximate surface area is 112 Å². The van der Waals surface area contributed by atoms with Gasteiger partial charge in [-0.1, -0.05) is 6.07 Å². The van der Waals surface area contributed by atoms with Crippen LogP contribution < -0.4 is 5.73 Å². The van der Waals surface area contributed by atoms with Crippen LogP contribution in [0.4, 0.5) is 4.39 Å². The molecule has 1 nitrogen and oxygen atoms in total. The molecule has 0 spiro atoms. The zero-order valence-electron chi connectivity index (χ0n) is 8.71. The minimum atomic E-state index is -0.240. The fourth-order valence-corrected chi connectivity index (χ4v) is 3.02. The lowest BCUT2D eigenvalue weighted by Gasteiger charge is -2.13. The maximum absolute atomic E-state index is 13.2. The molecule has 0 fully saturated rings. The molecular weight excluding hydrogens is 336 g/mol. The molecule has 0 bridgehead atoms. The Balaban J connectivity index is 2.40. The molecule has 1 heterocycles. The Hall–Kier alpha value is -0.460. The maximum Gasteiger partial charge on any atom is 0.123 e. The lowest BCUT2D eigenvalue weighted by molar-refractivity contribution is 0.623. The quantitative estimate of drug-likeness (QED) is 0.821. The second-order valence-electron chi connectivity index (χ2n) is 3.66. The summed E-state index contributed by atoms with van der Waals surface area (Å²) in [4.78, 5) is 0. The lowest BCUT2D eigenvalue weighted by atomic mass is 9.98. The van der Waals surface area contributed by atoms with Crippen molar-refractivity contribution in [1.82, 2.24) is 0 Å². The second kappa shape index (κ2) is 4.81. The van der Waals surface area contributed by atoms with Crippen molar-refractivity contribution in [2.24, 2.45) is 5.73 Å². The summed E-state index contributed by atoms with van der Waals surface area (Å²) in [5.74, 6) is -0.235. The number of benzene rings is 1. The molecule has 0 aliphatic carbocycles. The van der Waals surface area contributed by atoms with Crippen LogP contribution in [0.25, 0.3) is 0 Å². The summed E-state index contributed by atoms with van der Waals surface area (Å²) >= 11 is 3.91. The van der Waals surface area contributed by atoms with Crippen LogP contribution >= 0.6 is 33.9 Å². The predicted octanol–water partition coefficient (Wildman–Crippen LogP) is 3.85. The fraction of sp³-hybridized carbons (Fsp3) is 0.167. The molecule has 1 aromatic heterocycles. The van der Waals surface area contributed by atoms with Gasteiger partial charge in [-0.2, -0.15) is 0 Å². The van der Waals surface area contributed by atoms with Gasteiger partial charge in [-0.25, -0.2) is 4.39 Å². The third-order valence-electron chi connectivity index (χ3n) is 2.52. The van der Waals surface area contributed by atoms with Gasteiger partial charge in [0.25, 0.3) is 0 Å². The molecule has 2 aromatic rings. The smallest absolute Gasteiger partial charge is 0.123 e. The molecule has 2 N–H and O–H groups in total. The molecule has 0 aliphatic heterocycles. The van der Waals surface area contributed by atoms with Crippen LogP contribution in [0.1, 0.15) is 22.7 Å². The summed E-state index contributed by atoms with van der Waals surface area (Å²) in [5.41, 5.74) is 9.06. The predicted molar refractivity (Wildman–Crippen MR) is 74.2 cm³/mol. The molecule has 2 rings (SSSR count). The van der Waals surface area contributed by atoms with Crippen molar-refractivity contribution >= 4 is 33.9 Å². The van der Waals surface area contributed by atoms with Crippen molar-refractivity contribution in [2.75, 3.05) is 0 Å². The summed E-state index contributed by atoms with van der Waals surface area (Å²) in [7, 11) is 0. The molecule has 0 amide bonds. The zero-order valence-corrected chi connectivity index (χ0v) is 11.7. The third-order valence-corrected chi connectivity index (χ3v) is 4.33. The Morgan fingerprint density at radius 3 is 2.75 bits per heavy atom. The lowest BCUT2D eigenvalue weighted by Crippen LogP contribution is -2.12. The van der Waals surface area contributed by atoms with E-state index in [1.807, 2.05) is 18.4 Å². The van der Waals surface area contributed by atoms with Gasteiger partial charge < -0.3 is 5.73 Å². The topological polar surface area (TPSA) is 26.0 Å². The average Bonchev–Trinajstić information content (AvgIpc) is 2.67. The Morgan fingerprint density at radius 2 is 2.12 bits per heavy atom. The molecule has 0 radical (unpaired) electrons. The Bertz CT molecular complexity index is 509. The number of hydrogen-bond acceptors (Lipinski definition) is 2. The van der Waals surface area contributed by atoms with Crippen LogP contribution in [0.3, 0.4) is 0 Å². The van der Waals surface area contributed by atoms with E-state index in [2.05, 4.69) is 22.6 Å². The van der Waals surface area contributed by atoms with E-state index in [0.29, 0.717) is 0 Å². The highest BCUT2D eigenvalue weighted by atomic mass is 127. The van der Waals surface area contributed by atoms with Crippen molar-refractivity contribution in [3.05, 3.63) is 55.0 Å². The molecule has 0 saturated carbocycles. The fourth-order valence-electron chi connectivity index (χ4n) is 1.61. The van der Waals surface area contributed by atoms with Crippen LogP contribution in [-0.2, 0) is 0 Å². The molecule has 0 aliphatic rings. The molecule has 1 atom stereocenters. The van der Waals surface area contributed by atoms with Gasteiger partial charge in [0.05, 0.1) is 8.93 Å². The van der Waals surface area contributed by atoms with E-state index in [-0.39, 0.29) is 11.9 Å². The van der Waals surface area contributed by atoms with Crippen molar-refractivity contribution < 1.29 is 4.39 Å². The van der Waals surface area contributed by atoms with Gasteiger partial charge in [0, 0.05) is 0 Å². The standard InChI is InChI=1S/C12H11FINS/c1-7-2-3-9(13)5-10(7)12(15)8-4-11(14)16-6-8/h2-6,12H,15H2,1H3. The van der Waals surface area contributed by atoms with Crippen molar-refractivity contribution in [3.8, 4) is 0 Å². The van der Waals surface area contributed by atoms with Crippen molar-refractivity contribution in [3.63, 3.8) is 0 Å². The van der Waals surface area contributed by atoms with Crippen LogP contribution in [0.2, 0.25) is 0 Å². The van der Waals surface area contributed by atoms with Crippen LogP contribution in [0, 0.1) is 15.6 Å². The average molecular weight is 347 g/mol. The zero-order chi connectivity index (χ0) is 11.7. The first-order valence-electron chi connectivity index (χ1n) is 4.83. The first-order valence-corrected chi connectivity index (χ1v) is 6.79. The van der Waals surface area contributed by atoms with E-state index >= 15 is 0 Å². The number of hydrogen-bond donors (Lipinski definition) is 1. The van der Waals surface area contributed by atoms with Gasteiger partial charge in [0.1, 0.15) is 5.82 Å². The summed E-state index contributed by atoms with van der Waals surface area (Å²) < 4.78 is 14.4. The maximum atomic E-state index is 13.2. The molecular formula is C12H11FINS. The van der Waals surface area contributed by atoms with Gasteiger partial charge in [-0.05, 0) is 69.8 Å². The summed E-state index contributed by atoms with van der Waals surface area (Å²) in [5, 5.41) is 2.02. The van der Waals surface area contributed by atoms with Crippen molar-refractivity contribution in [2.45, 2.75) is 13.0 Å². The number of halogens is 2. The number of nitrogens with two attached hydrogens (primary N) is 1. The van der Waals surface area contributed by atoms with Gasteiger partial charge in [-0.3, -0.25) is 0 Å². The molecule has 1 aromatic carbocycles. The van der Waals surface area contributed by atoms with Gasteiger partial charge in [-0.15, -0.1) is 11.3 Å². The highest BCUT2D eigenvalue weighted by molar-refractivity contribution is 14.1. The summed E-state index contributed by atoms with van der Waals surface area (Å²) in [6, 6.07) is 6.55. The van der Waals surface area contributed by atoms with Crippen molar-refractivity contribution in [1.29, 1.82) is 0 Å². The van der Waals surface area contributed by atoms with E-state index in [0.717, 1.165) is 16.7 Å². The summed E-state index contributed by atoms with van der Waals surface area (Å²) in [6.45, 7) is 1.95. The molecule has 4 heteroatoms. The first kappa shape index (κ1) is 12.0. The number of rotatable bonds is 2. The molecule has 16 heavy (non-hydrogen) atoms. The highest BCUT2D eigenvalue weighted by Crippen LogP contribution is 2.27. The third kappa shape index (κ3) is 2.44. The summed E-state index contributed by atoms with van der Waals surface area (Å²) in [6.07, 6.45) is 0. The largest absolute Gasteiger partial charge is 0.320 e. The molecule has 84 valence electrons. The minimum Gasteiger partial charge on any atom is -0.320 e. The Kier molecular flexibility index (Phi) is 3.61. The first-order chi connectivity index (χ1) is 7.58. The number of thiophene rings is 1. The van der Waals surface area contributed by atoms with Crippen LogP contribution in [0.5, 0.6) is 0 Å². The normalized spacial score (nSPS) is 12.8. The minimum absolute atomic E-state index is 0.235.